The SMILES string of the molecule is CC1(C)CCC(=O)c2cc(I)ccc21. The molecule has 14 heavy (non-hydrogen) atoms. The third kappa shape index (κ3) is 1.60. The van der Waals surface area contributed by atoms with Gasteiger partial charge in [-0.3, -0.25) is 4.79 Å². The topological polar surface area (TPSA) is 17.1 Å². The van der Waals surface area contributed by atoms with Crippen LogP contribution in [0, 0.1) is 3.57 Å². The largest absolute Gasteiger partial charge is 0.294 e. The lowest BCUT2D eigenvalue weighted by Crippen LogP contribution is -2.27. The molecule has 0 bridgehead atoms. The number of hydrogen-bond donors (Lipinski definition) is 0. The number of halogens is 1. The van der Waals surface area contributed by atoms with Crippen molar-refractivity contribution in [3.05, 3.63) is 32.9 Å². The van der Waals surface area contributed by atoms with Gasteiger partial charge < -0.3 is 0 Å². The van der Waals surface area contributed by atoms with Gasteiger partial charge in [-0.25, -0.2) is 0 Å². The van der Waals surface area contributed by atoms with Gasteiger partial charge in [0.1, 0.15) is 0 Å². The van der Waals surface area contributed by atoms with Crippen molar-refractivity contribution >= 4 is 28.4 Å². The van der Waals surface area contributed by atoms with Crippen LogP contribution >= 0.6 is 22.6 Å². The molecule has 0 aliphatic heterocycles. The maximum atomic E-state index is 11.7. The highest BCUT2D eigenvalue weighted by atomic mass is 127. The molecule has 0 unspecified atom stereocenters. The van der Waals surface area contributed by atoms with Crippen LogP contribution in [0.4, 0.5) is 0 Å². The molecule has 0 saturated carbocycles. The number of hydrogen-bond acceptors (Lipinski definition) is 1. The second-order valence-electron chi connectivity index (χ2n) is 4.50. The summed E-state index contributed by atoms with van der Waals surface area (Å²) in [6, 6.07) is 6.20. The number of fused-ring (bicyclic) bond motifs is 1. The first-order chi connectivity index (χ1) is 6.50. The van der Waals surface area contributed by atoms with Gasteiger partial charge in [0.15, 0.2) is 5.78 Å². The van der Waals surface area contributed by atoms with E-state index in [-0.39, 0.29) is 5.41 Å². The summed E-state index contributed by atoms with van der Waals surface area (Å²) in [5, 5.41) is 0. The zero-order valence-corrected chi connectivity index (χ0v) is 10.6. The Morgan fingerprint density at radius 3 is 2.79 bits per heavy atom. The lowest BCUT2D eigenvalue weighted by molar-refractivity contribution is 0.0956. The maximum absolute atomic E-state index is 11.7. The molecule has 1 aliphatic rings. The van der Waals surface area contributed by atoms with Crippen LogP contribution in [0.25, 0.3) is 0 Å². The van der Waals surface area contributed by atoms with Gasteiger partial charge in [0.2, 0.25) is 0 Å². The van der Waals surface area contributed by atoms with Crippen LogP contribution in [-0.2, 0) is 5.41 Å². The maximum Gasteiger partial charge on any atom is 0.163 e. The predicted molar refractivity (Wildman–Crippen MR) is 65.7 cm³/mol. The van der Waals surface area contributed by atoms with Gasteiger partial charge in [-0.1, -0.05) is 19.9 Å². The molecule has 1 aromatic carbocycles. The second-order valence-corrected chi connectivity index (χ2v) is 5.74. The Kier molecular flexibility index (Phi) is 2.41. The van der Waals surface area contributed by atoms with Crippen molar-refractivity contribution < 1.29 is 4.79 Å². The Hall–Kier alpha value is -0.380. The molecule has 74 valence electrons. The van der Waals surface area contributed by atoms with E-state index in [9.17, 15) is 4.79 Å². The molecule has 0 aromatic heterocycles. The first kappa shape index (κ1) is 10.1. The summed E-state index contributed by atoms with van der Waals surface area (Å²) in [7, 11) is 0. The molecule has 2 heteroatoms. The first-order valence-electron chi connectivity index (χ1n) is 4.84. The zero-order chi connectivity index (χ0) is 10.3. The van der Waals surface area contributed by atoms with E-state index in [0.717, 1.165) is 15.6 Å². The Labute approximate surface area is 98.0 Å². The van der Waals surface area contributed by atoms with Crippen LogP contribution in [-0.4, -0.2) is 5.78 Å². The fourth-order valence-corrected chi connectivity index (χ4v) is 2.52. The fraction of sp³-hybridized carbons (Fsp3) is 0.417. The van der Waals surface area contributed by atoms with Crippen LogP contribution in [0.1, 0.15) is 42.6 Å². The summed E-state index contributed by atoms with van der Waals surface area (Å²) in [5.41, 5.74) is 2.32. The molecule has 0 spiro atoms. The molecule has 1 aliphatic carbocycles. The monoisotopic (exact) mass is 300 g/mol. The minimum absolute atomic E-state index is 0.160. The summed E-state index contributed by atoms with van der Waals surface area (Å²) >= 11 is 2.26. The van der Waals surface area contributed by atoms with Crippen molar-refractivity contribution in [3.8, 4) is 0 Å². The third-order valence-corrected chi connectivity index (χ3v) is 3.66. The van der Waals surface area contributed by atoms with E-state index in [2.05, 4.69) is 48.6 Å². The molecule has 2 rings (SSSR count). The zero-order valence-electron chi connectivity index (χ0n) is 8.43. The Bertz CT molecular complexity index is 393. The highest BCUT2D eigenvalue weighted by molar-refractivity contribution is 14.1. The summed E-state index contributed by atoms with van der Waals surface area (Å²) in [6.45, 7) is 4.43. The van der Waals surface area contributed by atoms with Crippen LogP contribution in [0.5, 0.6) is 0 Å². The van der Waals surface area contributed by atoms with E-state index in [0.29, 0.717) is 12.2 Å². The molecule has 0 atom stereocenters. The number of carbonyl (C=O) groups is 1. The highest BCUT2D eigenvalue weighted by Gasteiger charge is 2.31. The van der Waals surface area contributed by atoms with Crippen LogP contribution in [0.2, 0.25) is 0 Å². The lowest BCUT2D eigenvalue weighted by atomic mass is 9.72. The van der Waals surface area contributed by atoms with E-state index in [1.807, 2.05) is 6.07 Å². The molecule has 1 aromatic rings. The molecule has 0 radical (unpaired) electrons. The minimum atomic E-state index is 0.160. The molecule has 0 amide bonds. The Morgan fingerprint density at radius 2 is 2.07 bits per heavy atom. The van der Waals surface area contributed by atoms with Crippen molar-refractivity contribution in [3.63, 3.8) is 0 Å². The van der Waals surface area contributed by atoms with E-state index in [1.165, 1.54) is 5.56 Å². The number of ketones is 1. The van der Waals surface area contributed by atoms with Gasteiger partial charge in [-0.15, -0.1) is 0 Å². The molecule has 0 saturated heterocycles. The van der Waals surface area contributed by atoms with Crippen LogP contribution < -0.4 is 0 Å². The minimum Gasteiger partial charge on any atom is -0.294 e. The van der Waals surface area contributed by atoms with E-state index in [4.69, 9.17) is 0 Å². The van der Waals surface area contributed by atoms with Gasteiger partial charge in [-0.05, 0) is 52.1 Å². The molecule has 0 fully saturated rings. The predicted octanol–water partition coefficient (Wildman–Crippen LogP) is 3.55. The van der Waals surface area contributed by atoms with Crippen LogP contribution in [0.3, 0.4) is 0 Å². The van der Waals surface area contributed by atoms with Crippen LogP contribution in [0.15, 0.2) is 18.2 Å². The molecule has 1 nitrogen and oxygen atoms in total. The average Bonchev–Trinajstić information content (AvgIpc) is 2.12. The van der Waals surface area contributed by atoms with Gasteiger partial charge in [0.25, 0.3) is 0 Å². The average molecular weight is 300 g/mol. The van der Waals surface area contributed by atoms with Crippen molar-refractivity contribution in [2.45, 2.75) is 32.1 Å². The molecular weight excluding hydrogens is 287 g/mol. The van der Waals surface area contributed by atoms with E-state index >= 15 is 0 Å². The molecule has 0 heterocycles. The smallest absolute Gasteiger partial charge is 0.163 e. The number of benzene rings is 1. The molecule has 0 N–H and O–H groups in total. The van der Waals surface area contributed by atoms with Gasteiger partial charge in [-0.2, -0.15) is 0 Å². The summed E-state index contributed by atoms with van der Waals surface area (Å²) in [5.74, 6) is 0.304. The number of Topliss-reactive ketones (excluding diaryl/α,β-unsaturated/α-hetero) is 1. The second kappa shape index (κ2) is 3.33. The van der Waals surface area contributed by atoms with Gasteiger partial charge in [0, 0.05) is 15.6 Å². The quantitative estimate of drug-likeness (QED) is 0.670. The number of carbonyl (C=O) groups excluding carboxylic acids is 1. The Morgan fingerprint density at radius 1 is 1.36 bits per heavy atom. The summed E-state index contributed by atoms with van der Waals surface area (Å²) in [4.78, 5) is 11.7. The summed E-state index contributed by atoms with van der Waals surface area (Å²) < 4.78 is 1.15. The van der Waals surface area contributed by atoms with Crippen molar-refractivity contribution in [1.29, 1.82) is 0 Å². The first-order valence-corrected chi connectivity index (χ1v) is 5.92. The highest BCUT2D eigenvalue weighted by Crippen LogP contribution is 2.36. The lowest BCUT2D eigenvalue weighted by Gasteiger charge is -2.31. The Balaban J connectivity index is 2.63. The van der Waals surface area contributed by atoms with Crippen molar-refractivity contribution in [1.82, 2.24) is 0 Å². The van der Waals surface area contributed by atoms with Crippen molar-refractivity contribution in [2.75, 3.05) is 0 Å². The standard InChI is InChI=1S/C12H13IO/c1-12(2)6-5-11(14)9-7-8(13)3-4-10(9)12/h3-4,7H,5-6H2,1-2H3. The fourth-order valence-electron chi connectivity index (χ4n) is 2.03. The summed E-state index contributed by atoms with van der Waals surface area (Å²) in [6.07, 6.45) is 1.67. The van der Waals surface area contributed by atoms with E-state index < -0.39 is 0 Å². The normalized spacial score (nSPS) is 19.2. The third-order valence-electron chi connectivity index (χ3n) is 2.99. The molecular formula is C12H13IO. The van der Waals surface area contributed by atoms with Gasteiger partial charge in [0.05, 0.1) is 0 Å². The van der Waals surface area contributed by atoms with Gasteiger partial charge >= 0.3 is 0 Å². The van der Waals surface area contributed by atoms with E-state index in [1.54, 1.807) is 0 Å². The van der Waals surface area contributed by atoms with Crippen molar-refractivity contribution in [2.24, 2.45) is 0 Å². The number of rotatable bonds is 0.